The topological polar surface area (TPSA) is 29.9 Å². The van der Waals surface area contributed by atoms with Gasteiger partial charge in [0.05, 0.1) is 12.0 Å². The molecule has 18 heavy (non-hydrogen) atoms. The number of aromatic nitrogens is 2. The number of rotatable bonds is 3. The van der Waals surface area contributed by atoms with Gasteiger partial charge in [-0.05, 0) is 38.3 Å². The fraction of sp³-hybridized carbons (Fsp3) is 0.800. The van der Waals surface area contributed by atoms with Gasteiger partial charge in [0.25, 0.3) is 0 Å². The second-order valence-electron chi connectivity index (χ2n) is 4.13. The summed E-state index contributed by atoms with van der Waals surface area (Å²) in [6.45, 7) is 13.6. The molecule has 2 heterocycles. The van der Waals surface area contributed by atoms with E-state index >= 15 is 0 Å². The Hall–Kier alpha value is -0.830. The monoisotopic (exact) mass is 253 g/mol. The highest BCUT2D eigenvalue weighted by atomic mass is 15.0. The number of imidazole rings is 1. The quantitative estimate of drug-likeness (QED) is 0.893. The smallest absolute Gasteiger partial charge is 0.0949 e. The highest BCUT2D eigenvalue weighted by molar-refractivity contribution is 4.96. The first-order chi connectivity index (χ1) is 8.88. The molecule has 1 aliphatic heterocycles. The first-order valence-corrected chi connectivity index (χ1v) is 7.60. The Morgan fingerprint density at radius 2 is 2.06 bits per heavy atom. The summed E-state index contributed by atoms with van der Waals surface area (Å²) in [4.78, 5) is 4.34. The highest BCUT2D eigenvalue weighted by Crippen LogP contribution is 2.12. The van der Waals surface area contributed by atoms with Crippen LogP contribution in [0.15, 0.2) is 12.5 Å². The second kappa shape index (κ2) is 11.3. The lowest BCUT2D eigenvalue weighted by atomic mass is 10.00. The molecule has 1 fully saturated rings. The van der Waals surface area contributed by atoms with Crippen LogP contribution in [0.3, 0.4) is 0 Å². The Balaban J connectivity index is 0.000000659. The van der Waals surface area contributed by atoms with Crippen LogP contribution in [0.5, 0.6) is 0 Å². The van der Waals surface area contributed by atoms with Gasteiger partial charge in [-0.25, -0.2) is 4.98 Å². The molecule has 1 aromatic heterocycles. The largest absolute Gasteiger partial charge is 0.337 e. The van der Waals surface area contributed by atoms with Crippen LogP contribution in [0.1, 0.15) is 53.2 Å². The third-order valence-corrected chi connectivity index (χ3v) is 2.92. The molecular weight excluding hydrogens is 222 g/mol. The van der Waals surface area contributed by atoms with E-state index in [-0.39, 0.29) is 0 Å². The van der Waals surface area contributed by atoms with Gasteiger partial charge in [-0.15, -0.1) is 0 Å². The zero-order valence-electron chi connectivity index (χ0n) is 12.9. The number of aryl methyl sites for hydroxylation is 1. The predicted octanol–water partition coefficient (Wildman–Crippen LogP) is 3.50. The van der Waals surface area contributed by atoms with Crippen molar-refractivity contribution in [3.63, 3.8) is 0 Å². The molecule has 0 spiro atoms. The first kappa shape index (κ1) is 17.2. The Kier molecular flexibility index (Phi) is 10.8. The average molecular weight is 253 g/mol. The van der Waals surface area contributed by atoms with Crippen LogP contribution < -0.4 is 5.32 Å². The summed E-state index contributed by atoms with van der Waals surface area (Å²) in [5.41, 5.74) is 1.20. The van der Waals surface area contributed by atoms with E-state index in [1.54, 1.807) is 0 Å². The van der Waals surface area contributed by atoms with Crippen molar-refractivity contribution >= 4 is 0 Å². The van der Waals surface area contributed by atoms with Crippen molar-refractivity contribution in [1.82, 2.24) is 14.9 Å². The minimum Gasteiger partial charge on any atom is -0.337 e. The molecule has 1 unspecified atom stereocenters. The van der Waals surface area contributed by atoms with Gasteiger partial charge >= 0.3 is 0 Å². The summed E-state index contributed by atoms with van der Waals surface area (Å²) in [6.07, 6.45) is 7.85. The van der Waals surface area contributed by atoms with Crippen molar-refractivity contribution in [3.05, 3.63) is 18.2 Å². The van der Waals surface area contributed by atoms with E-state index in [2.05, 4.69) is 28.0 Å². The number of nitrogens with one attached hydrogen (secondary N) is 1. The van der Waals surface area contributed by atoms with Crippen LogP contribution in [0.4, 0.5) is 0 Å². The summed E-state index contributed by atoms with van der Waals surface area (Å²) in [6, 6.07) is 0. The van der Waals surface area contributed by atoms with Crippen molar-refractivity contribution < 1.29 is 0 Å². The number of nitrogens with zero attached hydrogens (tertiary/aromatic N) is 2. The molecule has 2 rings (SSSR count). The minimum atomic E-state index is 0.794. The zero-order chi connectivity index (χ0) is 13.8. The minimum absolute atomic E-state index is 0.794. The first-order valence-electron chi connectivity index (χ1n) is 7.60. The Labute approximate surface area is 113 Å². The maximum absolute atomic E-state index is 4.34. The third kappa shape index (κ3) is 6.20. The van der Waals surface area contributed by atoms with Crippen molar-refractivity contribution in [2.24, 2.45) is 5.92 Å². The van der Waals surface area contributed by atoms with Gasteiger partial charge in [0.1, 0.15) is 0 Å². The molecule has 3 nitrogen and oxygen atoms in total. The molecule has 1 aliphatic rings. The predicted molar refractivity (Wildman–Crippen MR) is 79.9 cm³/mol. The normalized spacial score (nSPS) is 18.2. The van der Waals surface area contributed by atoms with Crippen molar-refractivity contribution in [3.8, 4) is 0 Å². The molecule has 106 valence electrons. The number of piperidine rings is 1. The third-order valence-electron chi connectivity index (χ3n) is 2.92. The molecular formula is C15H31N3. The average Bonchev–Trinajstić information content (AvgIpc) is 2.92. The van der Waals surface area contributed by atoms with Crippen LogP contribution >= 0.6 is 0 Å². The van der Waals surface area contributed by atoms with E-state index in [0.717, 1.165) is 18.9 Å². The lowest BCUT2D eigenvalue weighted by Gasteiger charge is -2.22. The maximum Gasteiger partial charge on any atom is 0.0949 e. The van der Waals surface area contributed by atoms with Crippen molar-refractivity contribution in [1.29, 1.82) is 0 Å². The Morgan fingerprint density at radius 3 is 2.56 bits per heavy atom. The van der Waals surface area contributed by atoms with Gasteiger partial charge in [0.2, 0.25) is 0 Å². The second-order valence-corrected chi connectivity index (χ2v) is 4.13. The fourth-order valence-electron chi connectivity index (χ4n) is 2.07. The van der Waals surface area contributed by atoms with E-state index in [9.17, 15) is 0 Å². The molecule has 1 N–H and O–H groups in total. The van der Waals surface area contributed by atoms with Gasteiger partial charge in [0.15, 0.2) is 0 Å². The standard InChI is InChI=1S/C11H19N3.2C2H6/c1-2-11-8-14(9-13-11)7-10-4-3-5-12-6-10;2*1-2/h8-10,12H,2-7H2,1H3;2*1-2H3. The molecule has 0 radical (unpaired) electrons. The van der Waals surface area contributed by atoms with E-state index in [1.807, 2.05) is 34.0 Å². The number of hydrogen-bond acceptors (Lipinski definition) is 2. The summed E-state index contributed by atoms with van der Waals surface area (Å²) in [5.74, 6) is 0.794. The number of hydrogen-bond donors (Lipinski definition) is 1. The summed E-state index contributed by atoms with van der Waals surface area (Å²) in [5, 5.41) is 3.44. The molecule has 0 amide bonds. The van der Waals surface area contributed by atoms with E-state index in [4.69, 9.17) is 0 Å². The van der Waals surface area contributed by atoms with Crippen LogP contribution in [0.2, 0.25) is 0 Å². The van der Waals surface area contributed by atoms with E-state index in [0.29, 0.717) is 0 Å². The van der Waals surface area contributed by atoms with Crippen molar-refractivity contribution in [2.45, 2.75) is 60.4 Å². The van der Waals surface area contributed by atoms with Gasteiger partial charge in [-0.1, -0.05) is 34.6 Å². The van der Waals surface area contributed by atoms with Gasteiger partial charge in [-0.2, -0.15) is 0 Å². The fourth-order valence-corrected chi connectivity index (χ4v) is 2.07. The SMILES string of the molecule is CC.CC.CCc1cn(CC2CCCNC2)cn1. The molecule has 3 heteroatoms. The molecule has 0 aromatic carbocycles. The Morgan fingerprint density at radius 1 is 1.33 bits per heavy atom. The molecule has 0 bridgehead atoms. The van der Waals surface area contributed by atoms with Gasteiger partial charge in [-0.3, -0.25) is 0 Å². The van der Waals surface area contributed by atoms with E-state index in [1.165, 1.54) is 31.6 Å². The lowest BCUT2D eigenvalue weighted by molar-refractivity contribution is 0.337. The summed E-state index contributed by atoms with van der Waals surface area (Å²) < 4.78 is 2.23. The van der Waals surface area contributed by atoms with Gasteiger partial charge < -0.3 is 9.88 Å². The summed E-state index contributed by atoms with van der Waals surface area (Å²) in [7, 11) is 0. The van der Waals surface area contributed by atoms with Crippen LogP contribution in [0, 0.1) is 5.92 Å². The van der Waals surface area contributed by atoms with Crippen LogP contribution in [-0.2, 0) is 13.0 Å². The molecule has 1 atom stereocenters. The Bertz CT molecular complexity index is 275. The van der Waals surface area contributed by atoms with Crippen LogP contribution in [0.25, 0.3) is 0 Å². The summed E-state index contributed by atoms with van der Waals surface area (Å²) >= 11 is 0. The van der Waals surface area contributed by atoms with Crippen LogP contribution in [-0.4, -0.2) is 22.6 Å². The zero-order valence-corrected chi connectivity index (χ0v) is 12.9. The molecule has 1 saturated heterocycles. The van der Waals surface area contributed by atoms with E-state index < -0.39 is 0 Å². The van der Waals surface area contributed by atoms with Gasteiger partial charge in [0, 0.05) is 12.7 Å². The lowest BCUT2D eigenvalue weighted by Crippen LogP contribution is -2.31. The molecule has 1 aromatic rings. The highest BCUT2D eigenvalue weighted by Gasteiger charge is 2.13. The molecule has 0 aliphatic carbocycles. The van der Waals surface area contributed by atoms with Crippen molar-refractivity contribution in [2.75, 3.05) is 13.1 Å². The maximum atomic E-state index is 4.34. The molecule has 0 saturated carbocycles.